The Morgan fingerprint density at radius 2 is 2.09 bits per heavy atom. The van der Waals surface area contributed by atoms with Crippen molar-refractivity contribution < 1.29 is 0 Å². The molecule has 3 aliphatic rings. The molecule has 118 valence electrons. The maximum absolute atomic E-state index is 2.59. The number of benzene rings is 2. The zero-order chi connectivity index (χ0) is 15.4. The molecule has 2 bridgehead atoms. The Hall–Kier alpha value is -1.56. The fourth-order valence-electron chi connectivity index (χ4n) is 5.75. The second-order valence-corrected chi connectivity index (χ2v) is 8.13. The van der Waals surface area contributed by atoms with E-state index in [0.717, 1.165) is 5.92 Å². The van der Waals surface area contributed by atoms with E-state index in [2.05, 4.69) is 43.3 Å². The van der Waals surface area contributed by atoms with E-state index in [4.69, 9.17) is 0 Å². The maximum atomic E-state index is 2.59. The van der Waals surface area contributed by atoms with Gasteiger partial charge in [0.1, 0.15) is 0 Å². The molecule has 0 nitrogen and oxygen atoms in total. The average molecular weight is 302 g/mol. The highest BCUT2D eigenvalue weighted by molar-refractivity contribution is 5.85. The van der Waals surface area contributed by atoms with Crippen LogP contribution in [0.25, 0.3) is 10.8 Å². The van der Waals surface area contributed by atoms with Crippen LogP contribution < -0.4 is 0 Å². The second kappa shape index (κ2) is 4.97. The van der Waals surface area contributed by atoms with Crippen molar-refractivity contribution in [3.8, 4) is 0 Å². The molecule has 5 rings (SSSR count). The van der Waals surface area contributed by atoms with Crippen LogP contribution in [0.1, 0.15) is 62.1 Å². The summed E-state index contributed by atoms with van der Waals surface area (Å²) in [5.41, 5.74) is 7.12. The average Bonchev–Trinajstić information content (AvgIpc) is 3.16. The second-order valence-electron chi connectivity index (χ2n) is 8.13. The molecule has 2 aromatic rings. The van der Waals surface area contributed by atoms with Crippen LogP contribution in [0, 0.1) is 5.92 Å². The lowest BCUT2D eigenvalue weighted by molar-refractivity contribution is 0.270. The quantitative estimate of drug-likeness (QED) is 0.587. The Morgan fingerprint density at radius 1 is 1.13 bits per heavy atom. The van der Waals surface area contributed by atoms with E-state index >= 15 is 0 Å². The Balaban J connectivity index is 1.68. The van der Waals surface area contributed by atoms with Crippen molar-refractivity contribution in [3.63, 3.8) is 0 Å². The third-order valence-electron chi connectivity index (χ3n) is 6.79. The molecule has 3 aliphatic carbocycles. The first-order valence-electron chi connectivity index (χ1n) is 9.52. The van der Waals surface area contributed by atoms with Crippen LogP contribution in [0.4, 0.5) is 0 Å². The topological polar surface area (TPSA) is 0 Å². The van der Waals surface area contributed by atoms with Crippen LogP contribution in [0.3, 0.4) is 0 Å². The normalized spacial score (nSPS) is 28.4. The van der Waals surface area contributed by atoms with Gasteiger partial charge in [-0.05, 0) is 78.3 Å². The van der Waals surface area contributed by atoms with Gasteiger partial charge in [-0.25, -0.2) is 0 Å². The van der Waals surface area contributed by atoms with Gasteiger partial charge in [0.15, 0.2) is 0 Å². The Kier molecular flexibility index (Phi) is 2.99. The highest BCUT2D eigenvalue weighted by atomic mass is 14.5. The first kappa shape index (κ1) is 13.8. The van der Waals surface area contributed by atoms with Gasteiger partial charge < -0.3 is 0 Å². The van der Waals surface area contributed by atoms with Gasteiger partial charge in [0.05, 0.1) is 0 Å². The molecule has 1 saturated carbocycles. The van der Waals surface area contributed by atoms with Crippen LogP contribution in [-0.4, -0.2) is 0 Å². The minimum Gasteiger partial charge on any atom is -0.0850 e. The molecule has 2 aromatic carbocycles. The van der Waals surface area contributed by atoms with Gasteiger partial charge in [0, 0.05) is 5.41 Å². The van der Waals surface area contributed by atoms with Gasteiger partial charge in [-0.3, -0.25) is 0 Å². The monoisotopic (exact) mass is 302 g/mol. The molecule has 0 aromatic heterocycles. The first-order chi connectivity index (χ1) is 11.3. The smallest absolute Gasteiger partial charge is 0.00274 e. The molecule has 0 radical (unpaired) electrons. The van der Waals surface area contributed by atoms with Crippen molar-refractivity contribution >= 4 is 10.8 Å². The van der Waals surface area contributed by atoms with Gasteiger partial charge >= 0.3 is 0 Å². The van der Waals surface area contributed by atoms with Crippen LogP contribution in [0.2, 0.25) is 0 Å². The SMILES string of the molecule is CCCc1ccc2cc3c(cc2c1)C1(CCC3)CC2=CCC1C2. The van der Waals surface area contributed by atoms with E-state index in [1.807, 2.05) is 0 Å². The van der Waals surface area contributed by atoms with Crippen molar-refractivity contribution in [1.82, 2.24) is 0 Å². The summed E-state index contributed by atoms with van der Waals surface area (Å²) >= 11 is 0. The molecule has 0 saturated heterocycles. The number of rotatable bonds is 2. The molecular formula is C23H26. The predicted molar refractivity (Wildman–Crippen MR) is 98.0 cm³/mol. The summed E-state index contributed by atoms with van der Waals surface area (Å²) in [6.07, 6.45) is 13.1. The Labute approximate surface area is 139 Å². The zero-order valence-corrected chi connectivity index (χ0v) is 14.2. The van der Waals surface area contributed by atoms with Gasteiger partial charge in [-0.2, -0.15) is 0 Å². The summed E-state index contributed by atoms with van der Waals surface area (Å²) in [5, 5.41) is 2.93. The molecule has 0 heterocycles. The molecule has 2 unspecified atom stereocenters. The molecule has 2 atom stereocenters. The minimum absolute atomic E-state index is 0.493. The lowest BCUT2D eigenvalue weighted by atomic mass is 9.62. The zero-order valence-electron chi connectivity index (χ0n) is 14.2. The minimum atomic E-state index is 0.493. The fourth-order valence-corrected chi connectivity index (χ4v) is 5.75. The van der Waals surface area contributed by atoms with E-state index in [0.29, 0.717) is 5.41 Å². The van der Waals surface area contributed by atoms with Crippen molar-refractivity contribution in [1.29, 1.82) is 0 Å². The lowest BCUT2D eigenvalue weighted by Gasteiger charge is -2.41. The highest BCUT2D eigenvalue weighted by Crippen LogP contribution is 2.59. The summed E-state index contributed by atoms with van der Waals surface area (Å²) in [4.78, 5) is 0. The van der Waals surface area contributed by atoms with Gasteiger partial charge in [0.25, 0.3) is 0 Å². The third kappa shape index (κ3) is 1.97. The summed E-state index contributed by atoms with van der Waals surface area (Å²) in [7, 11) is 0. The molecule has 1 spiro atoms. The van der Waals surface area contributed by atoms with Crippen LogP contribution in [0.15, 0.2) is 42.0 Å². The van der Waals surface area contributed by atoms with Crippen molar-refractivity contribution in [2.75, 3.05) is 0 Å². The van der Waals surface area contributed by atoms with E-state index in [1.165, 1.54) is 67.7 Å². The highest BCUT2D eigenvalue weighted by Gasteiger charge is 2.49. The summed E-state index contributed by atoms with van der Waals surface area (Å²) < 4.78 is 0. The van der Waals surface area contributed by atoms with Crippen molar-refractivity contribution in [2.45, 2.75) is 63.7 Å². The van der Waals surface area contributed by atoms with E-state index < -0.39 is 0 Å². The Bertz CT molecular complexity index is 810. The van der Waals surface area contributed by atoms with Crippen LogP contribution >= 0.6 is 0 Å². The van der Waals surface area contributed by atoms with Gasteiger partial charge in [-0.1, -0.05) is 55.3 Å². The number of aryl methyl sites for hydroxylation is 2. The summed E-state index contributed by atoms with van der Waals surface area (Å²) in [5.74, 6) is 0.896. The van der Waals surface area contributed by atoms with Crippen LogP contribution in [0.5, 0.6) is 0 Å². The standard InChI is InChI=1S/C23H26/c1-2-4-16-6-8-18-13-19-5-3-10-23(22(19)14-20(18)11-16)15-17-7-9-21(23)12-17/h6-8,11,13-14,21H,2-5,9-10,12,15H2,1H3. The van der Waals surface area contributed by atoms with E-state index in [1.54, 1.807) is 16.7 Å². The van der Waals surface area contributed by atoms with E-state index in [9.17, 15) is 0 Å². The number of fused-ring (bicyclic) bond motifs is 6. The summed E-state index contributed by atoms with van der Waals surface area (Å²) in [6, 6.07) is 12.2. The molecule has 1 fully saturated rings. The van der Waals surface area contributed by atoms with E-state index in [-0.39, 0.29) is 0 Å². The third-order valence-corrected chi connectivity index (χ3v) is 6.79. The maximum Gasteiger partial charge on any atom is 0.00274 e. The molecule has 0 aliphatic heterocycles. The number of allylic oxidation sites excluding steroid dienone is 2. The largest absolute Gasteiger partial charge is 0.0850 e. The Morgan fingerprint density at radius 3 is 2.87 bits per heavy atom. The fraction of sp³-hybridized carbons (Fsp3) is 0.478. The molecule has 0 N–H and O–H groups in total. The molecular weight excluding hydrogens is 276 g/mol. The molecule has 0 amide bonds. The lowest BCUT2D eigenvalue weighted by Crippen LogP contribution is -2.35. The number of hydrogen-bond donors (Lipinski definition) is 0. The van der Waals surface area contributed by atoms with Gasteiger partial charge in [-0.15, -0.1) is 0 Å². The predicted octanol–water partition coefficient (Wildman–Crippen LogP) is 6.11. The molecule has 0 heteroatoms. The van der Waals surface area contributed by atoms with Crippen LogP contribution in [-0.2, 0) is 18.3 Å². The summed E-state index contributed by atoms with van der Waals surface area (Å²) in [6.45, 7) is 2.27. The van der Waals surface area contributed by atoms with Crippen molar-refractivity contribution in [3.05, 3.63) is 58.7 Å². The molecule has 23 heavy (non-hydrogen) atoms. The van der Waals surface area contributed by atoms with Gasteiger partial charge in [0.2, 0.25) is 0 Å². The van der Waals surface area contributed by atoms with Crippen molar-refractivity contribution in [2.24, 2.45) is 5.92 Å². The first-order valence-corrected chi connectivity index (χ1v) is 9.52. The number of hydrogen-bond acceptors (Lipinski definition) is 0.